The van der Waals surface area contributed by atoms with Gasteiger partial charge in [-0.2, -0.15) is 0 Å². The molecule has 0 amide bonds. The van der Waals surface area contributed by atoms with Crippen LogP contribution in [0.25, 0.3) is 0 Å². The van der Waals surface area contributed by atoms with Gasteiger partial charge in [0, 0.05) is 12.3 Å². The van der Waals surface area contributed by atoms with E-state index < -0.39 is 12.2 Å². The van der Waals surface area contributed by atoms with E-state index in [4.69, 9.17) is 9.47 Å². The van der Waals surface area contributed by atoms with Crippen LogP contribution in [0.1, 0.15) is 47.0 Å². The number of rotatable bonds is 1. The van der Waals surface area contributed by atoms with E-state index in [9.17, 15) is 10.2 Å². The van der Waals surface area contributed by atoms with Gasteiger partial charge in [0.25, 0.3) is 0 Å². The van der Waals surface area contributed by atoms with Crippen molar-refractivity contribution in [3.63, 3.8) is 0 Å². The van der Waals surface area contributed by atoms with Gasteiger partial charge in [0.15, 0.2) is 0 Å². The normalized spacial score (nSPS) is 57.3. The van der Waals surface area contributed by atoms with E-state index in [1.807, 2.05) is 0 Å². The molecule has 19 heavy (non-hydrogen) atoms. The van der Waals surface area contributed by atoms with E-state index in [0.717, 1.165) is 12.8 Å². The van der Waals surface area contributed by atoms with Crippen molar-refractivity contribution in [2.24, 2.45) is 11.8 Å². The van der Waals surface area contributed by atoms with E-state index in [2.05, 4.69) is 27.7 Å². The Morgan fingerprint density at radius 3 is 2.42 bits per heavy atom. The predicted molar refractivity (Wildman–Crippen MR) is 70.7 cm³/mol. The molecule has 0 radical (unpaired) electrons. The maximum atomic E-state index is 10.6. The number of aliphatic hydroxyl groups is 2. The summed E-state index contributed by atoms with van der Waals surface area (Å²) >= 11 is 0. The summed E-state index contributed by atoms with van der Waals surface area (Å²) in [7, 11) is 0. The summed E-state index contributed by atoms with van der Waals surface area (Å²) in [4.78, 5) is 0. The summed E-state index contributed by atoms with van der Waals surface area (Å²) in [6, 6.07) is 0. The van der Waals surface area contributed by atoms with Gasteiger partial charge >= 0.3 is 0 Å². The maximum absolute atomic E-state index is 10.6. The molecule has 1 unspecified atom stereocenters. The lowest BCUT2D eigenvalue weighted by atomic mass is 9.76. The molecule has 0 aromatic heterocycles. The highest BCUT2D eigenvalue weighted by Crippen LogP contribution is 2.52. The van der Waals surface area contributed by atoms with Gasteiger partial charge in [-0.05, 0) is 32.6 Å². The van der Waals surface area contributed by atoms with Crippen LogP contribution in [0.4, 0.5) is 0 Å². The van der Waals surface area contributed by atoms with E-state index in [0.29, 0.717) is 6.42 Å². The summed E-state index contributed by atoms with van der Waals surface area (Å²) in [5, 5.41) is 21.1. The fourth-order valence-corrected chi connectivity index (χ4v) is 3.96. The molecule has 2 saturated heterocycles. The third kappa shape index (κ3) is 2.23. The van der Waals surface area contributed by atoms with Crippen LogP contribution in [-0.4, -0.2) is 45.8 Å². The monoisotopic (exact) mass is 270 g/mol. The zero-order valence-electron chi connectivity index (χ0n) is 12.3. The maximum Gasteiger partial charge on any atom is 0.113 e. The average Bonchev–Trinajstić information content (AvgIpc) is 3.12. The molecule has 7 atom stereocenters. The molecular formula is C15H26O4. The third-order valence-corrected chi connectivity index (χ3v) is 5.41. The highest BCUT2D eigenvalue weighted by molar-refractivity contribution is 5.11. The molecule has 1 saturated carbocycles. The lowest BCUT2D eigenvalue weighted by Crippen LogP contribution is -2.43. The second-order valence-corrected chi connectivity index (χ2v) is 7.39. The first-order valence-electron chi connectivity index (χ1n) is 7.49. The van der Waals surface area contributed by atoms with Crippen molar-refractivity contribution in [1.82, 2.24) is 0 Å². The van der Waals surface area contributed by atoms with Crippen molar-refractivity contribution in [3.8, 4) is 0 Å². The van der Waals surface area contributed by atoms with Gasteiger partial charge in [0.05, 0.1) is 29.5 Å². The van der Waals surface area contributed by atoms with Gasteiger partial charge in [-0.25, -0.2) is 0 Å². The summed E-state index contributed by atoms with van der Waals surface area (Å²) in [5.41, 5.74) is -0.430. The molecule has 3 rings (SSSR count). The van der Waals surface area contributed by atoms with Crippen molar-refractivity contribution < 1.29 is 19.7 Å². The van der Waals surface area contributed by atoms with E-state index in [1.165, 1.54) is 0 Å². The molecule has 3 fully saturated rings. The van der Waals surface area contributed by atoms with Crippen LogP contribution in [0.3, 0.4) is 0 Å². The number of hydrogen-bond acceptors (Lipinski definition) is 4. The quantitative estimate of drug-likeness (QED) is 0.708. The molecule has 0 aromatic carbocycles. The van der Waals surface area contributed by atoms with Crippen LogP contribution in [0.15, 0.2) is 0 Å². The van der Waals surface area contributed by atoms with Crippen LogP contribution >= 0.6 is 0 Å². The Bertz CT molecular complexity index is 371. The van der Waals surface area contributed by atoms with Gasteiger partial charge in [0.1, 0.15) is 6.10 Å². The molecule has 0 spiro atoms. The molecule has 0 aromatic rings. The van der Waals surface area contributed by atoms with Crippen LogP contribution in [0, 0.1) is 11.8 Å². The lowest BCUT2D eigenvalue weighted by molar-refractivity contribution is -0.0347. The van der Waals surface area contributed by atoms with Crippen LogP contribution in [0.5, 0.6) is 0 Å². The van der Waals surface area contributed by atoms with Crippen LogP contribution in [-0.2, 0) is 9.47 Å². The van der Waals surface area contributed by atoms with E-state index in [1.54, 1.807) is 0 Å². The molecule has 2 heterocycles. The van der Waals surface area contributed by atoms with E-state index in [-0.39, 0.29) is 35.2 Å². The number of aliphatic hydroxyl groups excluding tert-OH is 2. The average molecular weight is 270 g/mol. The SMILES string of the molecule is CC(C)C1[C@H](O)C[C@@]2(C)O[C@@H]2CC[C@]2(C)O[C@H]2[C@@H]1O. The number of ether oxygens (including phenoxy) is 2. The van der Waals surface area contributed by atoms with Gasteiger partial charge < -0.3 is 19.7 Å². The first-order valence-corrected chi connectivity index (χ1v) is 7.49. The molecule has 110 valence electrons. The Labute approximate surface area is 115 Å². The molecule has 2 N–H and O–H groups in total. The molecule has 4 nitrogen and oxygen atoms in total. The Kier molecular flexibility index (Phi) is 3.03. The van der Waals surface area contributed by atoms with Crippen LogP contribution < -0.4 is 0 Å². The Balaban J connectivity index is 1.83. The largest absolute Gasteiger partial charge is 0.393 e. The smallest absolute Gasteiger partial charge is 0.113 e. The van der Waals surface area contributed by atoms with Crippen molar-refractivity contribution in [1.29, 1.82) is 0 Å². The highest BCUT2D eigenvalue weighted by atomic mass is 16.6. The zero-order valence-corrected chi connectivity index (χ0v) is 12.3. The first-order chi connectivity index (χ1) is 8.77. The topological polar surface area (TPSA) is 65.5 Å². The minimum atomic E-state index is -0.584. The van der Waals surface area contributed by atoms with Gasteiger partial charge in [-0.15, -0.1) is 0 Å². The van der Waals surface area contributed by atoms with Crippen molar-refractivity contribution in [3.05, 3.63) is 0 Å². The summed E-state index contributed by atoms with van der Waals surface area (Å²) in [5.74, 6) is 0.0743. The fraction of sp³-hybridized carbons (Fsp3) is 1.00. The third-order valence-electron chi connectivity index (χ3n) is 5.41. The van der Waals surface area contributed by atoms with E-state index >= 15 is 0 Å². The standard InChI is InChI=1S/C15H26O4/c1-8(2)11-9(16)7-15(4)10(18-15)5-6-14(3)13(19-14)12(11)17/h8-13,16-17H,5-7H2,1-4H3/t9-,10-,11?,12-,13+,14+,15-/m1/s1. The number of hydrogen-bond donors (Lipinski definition) is 2. The van der Waals surface area contributed by atoms with Crippen LogP contribution in [0.2, 0.25) is 0 Å². The first kappa shape index (κ1) is 13.8. The predicted octanol–water partition coefficient (Wildman–Crippen LogP) is 1.48. The summed E-state index contributed by atoms with van der Waals surface area (Å²) < 4.78 is 11.5. The Morgan fingerprint density at radius 2 is 1.79 bits per heavy atom. The van der Waals surface area contributed by atoms with Crippen molar-refractivity contribution in [2.45, 2.75) is 82.6 Å². The molecular weight excluding hydrogens is 244 g/mol. The fourth-order valence-electron chi connectivity index (χ4n) is 3.96. The van der Waals surface area contributed by atoms with Crippen molar-refractivity contribution in [2.75, 3.05) is 0 Å². The minimum absolute atomic E-state index is 0.127. The molecule has 1 aliphatic carbocycles. The number of epoxide rings is 2. The second kappa shape index (κ2) is 4.17. The summed E-state index contributed by atoms with van der Waals surface area (Å²) in [6.45, 7) is 8.23. The molecule has 2 aliphatic heterocycles. The van der Waals surface area contributed by atoms with Crippen molar-refractivity contribution >= 4 is 0 Å². The minimum Gasteiger partial charge on any atom is -0.393 e. The molecule has 0 bridgehead atoms. The Morgan fingerprint density at radius 1 is 1.11 bits per heavy atom. The van der Waals surface area contributed by atoms with Gasteiger partial charge in [-0.1, -0.05) is 13.8 Å². The zero-order chi connectivity index (χ0) is 14.0. The summed E-state index contributed by atoms with van der Waals surface area (Å²) in [6.07, 6.45) is 1.49. The van der Waals surface area contributed by atoms with Gasteiger partial charge in [-0.3, -0.25) is 0 Å². The number of fused-ring (bicyclic) bond motifs is 2. The lowest BCUT2D eigenvalue weighted by Gasteiger charge is -2.32. The molecule has 4 heteroatoms. The molecule has 3 aliphatic rings. The Hall–Kier alpha value is -0.160. The highest BCUT2D eigenvalue weighted by Gasteiger charge is 2.62. The van der Waals surface area contributed by atoms with Gasteiger partial charge in [0.2, 0.25) is 0 Å². The second-order valence-electron chi connectivity index (χ2n) is 7.39.